The highest BCUT2D eigenvalue weighted by atomic mass is 16.5. The van der Waals surface area contributed by atoms with Crippen molar-refractivity contribution in [1.29, 1.82) is 0 Å². The van der Waals surface area contributed by atoms with Crippen LogP contribution in [0.15, 0.2) is 18.2 Å². The Balaban J connectivity index is 2.17. The van der Waals surface area contributed by atoms with Crippen molar-refractivity contribution in [1.82, 2.24) is 10.2 Å². The van der Waals surface area contributed by atoms with Crippen molar-refractivity contribution in [2.24, 2.45) is 0 Å². The van der Waals surface area contributed by atoms with Crippen molar-refractivity contribution in [3.8, 4) is 5.75 Å². The molecular weight excluding hydrogens is 250 g/mol. The van der Waals surface area contributed by atoms with Crippen LogP contribution in [0.3, 0.4) is 0 Å². The normalized spacial score (nSPS) is 11.0. The van der Waals surface area contributed by atoms with Crippen LogP contribution in [0.25, 0.3) is 0 Å². The zero-order valence-corrected chi connectivity index (χ0v) is 13.1. The molecule has 0 saturated heterocycles. The van der Waals surface area contributed by atoms with Crippen LogP contribution in [0.4, 0.5) is 5.69 Å². The van der Waals surface area contributed by atoms with Crippen LogP contribution in [0.1, 0.15) is 25.3 Å². The number of hydrogen-bond acceptors (Lipinski definition) is 4. The van der Waals surface area contributed by atoms with Gasteiger partial charge < -0.3 is 20.7 Å². The number of nitrogens with one attached hydrogen (secondary N) is 1. The van der Waals surface area contributed by atoms with Crippen molar-refractivity contribution < 1.29 is 4.74 Å². The van der Waals surface area contributed by atoms with Gasteiger partial charge in [-0.2, -0.15) is 0 Å². The van der Waals surface area contributed by atoms with Crippen LogP contribution in [-0.2, 0) is 6.42 Å². The molecule has 0 fully saturated rings. The molecule has 0 aromatic heterocycles. The van der Waals surface area contributed by atoms with Crippen LogP contribution < -0.4 is 15.8 Å². The van der Waals surface area contributed by atoms with E-state index in [1.54, 1.807) is 0 Å². The fourth-order valence-electron chi connectivity index (χ4n) is 2.10. The molecule has 0 aliphatic rings. The Hall–Kier alpha value is -1.26. The minimum absolute atomic E-state index is 0.653. The van der Waals surface area contributed by atoms with Gasteiger partial charge in [-0.15, -0.1) is 0 Å². The standard InChI is InChI=1S/C16H29N3O/c1-4-20-16-9-8-14(13-15(16)17)7-5-10-18-11-6-12-19(2)3/h8-9,13,18H,4-7,10-12,17H2,1-3H3. The molecule has 0 heterocycles. The predicted octanol–water partition coefficient (Wildman–Crippen LogP) is 2.14. The van der Waals surface area contributed by atoms with Crippen LogP contribution in [-0.4, -0.2) is 45.2 Å². The first-order valence-corrected chi connectivity index (χ1v) is 7.50. The summed E-state index contributed by atoms with van der Waals surface area (Å²) in [5.74, 6) is 0.790. The Labute approximate surface area is 123 Å². The Bertz CT molecular complexity index is 380. The first kappa shape index (κ1) is 16.8. The van der Waals surface area contributed by atoms with Gasteiger partial charge in [0.25, 0.3) is 0 Å². The SMILES string of the molecule is CCOc1ccc(CCCNCCCN(C)C)cc1N. The van der Waals surface area contributed by atoms with E-state index in [0.717, 1.165) is 43.9 Å². The summed E-state index contributed by atoms with van der Waals surface area (Å²) in [6.07, 6.45) is 3.38. The summed E-state index contributed by atoms with van der Waals surface area (Å²) in [4.78, 5) is 2.21. The molecule has 0 aliphatic carbocycles. The number of anilines is 1. The molecule has 0 bridgehead atoms. The molecular formula is C16H29N3O. The Morgan fingerprint density at radius 1 is 1.20 bits per heavy atom. The molecule has 3 N–H and O–H groups in total. The summed E-state index contributed by atoms with van der Waals surface area (Å²) in [5, 5.41) is 3.47. The zero-order valence-electron chi connectivity index (χ0n) is 13.1. The number of hydrogen-bond donors (Lipinski definition) is 2. The van der Waals surface area contributed by atoms with Gasteiger partial charge >= 0.3 is 0 Å². The molecule has 0 spiro atoms. The molecule has 0 unspecified atom stereocenters. The Morgan fingerprint density at radius 2 is 1.95 bits per heavy atom. The zero-order chi connectivity index (χ0) is 14.8. The highest BCUT2D eigenvalue weighted by Crippen LogP contribution is 2.22. The average Bonchev–Trinajstić information content (AvgIpc) is 2.40. The molecule has 0 saturated carbocycles. The predicted molar refractivity (Wildman–Crippen MR) is 86.4 cm³/mol. The fourth-order valence-corrected chi connectivity index (χ4v) is 2.10. The van der Waals surface area contributed by atoms with Gasteiger partial charge in [-0.25, -0.2) is 0 Å². The van der Waals surface area contributed by atoms with Gasteiger partial charge in [0.15, 0.2) is 0 Å². The van der Waals surface area contributed by atoms with Crippen LogP contribution in [0.2, 0.25) is 0 Å². The molecule has 114 valence electrons. The summed E-state index contributed by atoms with van der Waals surface area (Å²) < 4.78 is 5.44. The number of nitrogens with two attached hydrogens (primary N) is 1. The molecule has 4 heteroatoms. The van der Waals surface area contributed by atoms with Gasteiger partial charge in [-0.1, -0.05) is 6.07 Å². The van der Waals surface area contributed by atoms with Crippen LogP contribution >= 0.6 is 0 Å². The van der Waals surface area contributed by atoms with E-state index in [2.05, 4.69) is 30.4 Å². The molecule has 0 atom stereocenters. The number of ether oxygens (including phenoxy) is 1. The molecule has 20 heavy (non-hydrogen) atoms. The van der Waals surface area contributed by atoms with E-state index in [0.29, 0.717) is 6.61 Å². The van der Waals surface area contributed by atoms with E-state index in [9.17, 15) is 0 Å². The smallest absolute Gasteiger partial charge is 0.142 e. The molecule has 0 aliphatic heterocycles. The topological polar surface area (TPSA) is 50.5 Å². The number of nitrogens with zero attached hydrogens (tertiary/aromatic N) is 1. The van der Waals surface area contributed by atoms with E-state index in [-0.39, 0.29) is 0 Å². The maximum atomic E-state index is 5.96. The number of nitrogen functional groups attached to an aromatic ring is 1. The lowest BCUT2D eigenvalue weighted by molar-refractivity contribution is 0.342. The van der Waals surface area contributed by atoms with Gasteiger partial charge in [0, 0.05) is 0 Å². The van der Waals surface area contributed by atoms with Gasteiger partial charge in [0.2, 0.25) is 0 Å². The summed E-state index contributed by atoms with van der Waals surface area (Å²) in [6, 6.07) is 6.10. The maximum absolute atomic E-state index is 5.96. The van der Waals surface area contributed by atoms with E-state index in [1.165, 1.54) is 12.0 Å². The average molecular weight is 279 g/mol. The quantitative estimate of drug-likeness (QED) is 0.509. The van der Waals surface area contributed by atoms with Gasteiger partial charge in [0.1, 0.15) is 5.75 Å². The van der Waals surface area contributed by atoms with E-state index in [4.69, 9.17) is 10.5 Å². The van der Waals surface area contributed by atoms with Crippen molar-refractivity contribution in [2.45, 2.75) is 26.2 Å². The van der Waals surface area contributed by atoms with Gasteiger partial charge in [-0.05, 0) is 77.6 Å². The highest BCUT2D eigenvalue weighted by Gasteiger charge is 2.01. The summed E-state index contributed by atoms with van der Waals surface area (Å²) in [7, 11) is 4.21. The molecule has 0 amide bonds. The Kier molecular flexibility index (Phi) is 8.07. The number of aryl methyl sites for hydroxylation is 1. The first-order valence-electron chi connectivity index (χ1n) is 7.50. The largest absolute Gasteiger partial charge is 0.492 e. The second kappa shape index (κ2) is 9.61. The van der Waals surface area contributed by atoms with Crippen molar-refractivity contribution in [3.05, 3.63) is 23.8 Å². The minimum atomic E-state index is 0.653. The van der Waals surface area contributed by atoms with Crippen LogP contribution in [0, 0.1) is 0 Å². The maximum Gasteiger partial charge on any atom is 0.142 e. The second-order valence-electron chi connectivity index (χ2n) is 5.32. The number of benzene rings is 1. The van der Waals surface area contributed by atoms with Gasteiger partial charge in [0.05, 0.1) is 12.3 Å². The lowest BCUT2D eigenvalue weighted by atomic mass is 10.1. The third-order valence-electron chi connectivity index (χ3n) is 3.15. The van der Waals surface area contributed by atoms with E-state index >= 15 is 0 Å². The monoisotopic (exact) mass is 279 g/mol. The molecule has 1 rings (SSSR count). The third kappa shape index (κ3) is 6.78. The third-order valence-corrected chi connectivity index (χ3v) is 3.15. The first-order chi connectivity index (χ1) is 9.63. The van der Waals surface area contributed by atoms with E-state index < -0.39 is 0 Å². The lowest BCUT2D eigenvalue weighted by Crippen LogP contribution is -2.22. The highest BCUT2D eigenvalue weighted by molar-refractivity contribution is 5.54. The molecule has 0 radical (unpaired) electrons. The molecule has 1 aromatic carbocycles. The van der Waals surface area contributed by atoms with Gasteiger partial charge in [-0.3, -0.25) is 0 Å². The second-order valence-corrected chi connectivity index (χ2v) is 5.32. The van der Waals surface area contributed by atoms with E-state index in [1.807, 2.05) is 19.1 Å². The summed E-state index contributed by atoms with van der Waals surface area (Å²) in [5.41, 5.74) is 7.98. The van der Waals surface area contributed by atoms with Crippen molar-refractivity contribution >= 4 is 5.69 Å². The van der Waals surface area contributed by atoms with Crippen molar-refractivity contribution in [3.63, 3.8) is 0 Å². The lowest BCUT2D eigenvalue weighted by Gasteiger charge is -2.10. The minimum Gasteiger partial charge on any atom is -0.492 e. The Morgan fingerprint density at radius 3 is 2.60 bits per heavy atom. The summed E-state index contributed by atoms with van der Waals surface area (Å²) in [6.45, 7) is 5.91. The molecule has 4 nitrogen and oxygen atoms in total. The number of rotatable bonds is 10. The summed E-state index contributed by atoms with van der Waals surface area (Å²) >= 11 is 0. The van der Waals surface area contributed by atoms with Crippen molar-refractivity contribution in [2.75, 3.05) is 46.1 Å². The van der Waals surface area contributed by atoms with Crippen LogP contribution in [0.5, 0.6) is 5.75 Å². The fraction of sp³-hybridized carbons (Fsp3) is 0.625. The molecule has 1 aromatic rings.